The lowest BCUT2D eigenvalue weighted by Crippen LogP contribution is -2.45. The van der Waals surface area contributed by atoms with E-state index in [2.05, 4.69) is 19.1 Å². The van der Waals surface area contributed by atoms with E-state index in [0.29, 0.717) is 17.9 Å². The van der Waals surface area contributed by atoms with Crippen molar-refractivity contribution >= 4 is 11.0 Å². The van der Waals surface area contributed by atoms with E-state index in [-0.39, 0.29) is 0 Å². The van der Waals surface area contributed by atoms with Crippen molar-refractivity contribution in [2.45, 2.75) is 31.7 Å². The normalized spacial score (nSPS) is 29.2. The van der Waals surface area contributed by atoms with Gasteiger partial charge in [-0.1, -0.05) is 31.5 Å². The molecule has 1 aromatic carbocycles. The molecule has 2 N–H and O–H groups in total. The van der Waals surface area contributed by atoms with Gasteiger partial charge in [-0.25, -0.2) is 0 Å². The molecule has 0 saturated heterocycles. The van der Waals surface area contributed by atoms with E-state index in [9.17, 15) is 0 Å². The number of hydrogen-bond acceptors (Lipinski definition) is 2. The summed E-state index contributed by atoms with van der Waals surface area (Å²) in [5.74, 6) is 2.25. The number of rotatable bonds is 2. The standard InChI is InChI=1S/C14H17NO/c1-2-10-11(8-12(10)15)14-7-9-5-3-4-6-13(9)16-14/h3-7,10-12H,2,8,15H2,1H3. The van der Waals surface area contributed by atoms with Gasteiger partial charge in [0.25, 0.3) is 0 Å². The monoisotopic (exact) mass is 215 g/mol. The Hall–Kier alpha value is -1.28. The molecule has 1 aromatic heterocycles. The summed E-state index contributed by atoms with van der Waals surface area (Å²) in [4.78, 5) is 0. The summed E-state index contributed by atoms with van der Waals surface area (Å²) in [6.07, 6.45) is 2.21. The van der Waals surface area contributed by atoms with Crippen LogP contribution in [0.4, 0.5) is 0 Å². The Kier molecular flexibility index (Phi) is 2.25. The Balaban J connectivity index is 1.95. The van der Waals surface area contributed by atoms with Crippen LogP contribution in [0.3, 0.4) is 0 Å². The number of para-hydroxylation sites is 1. The fraction of sp³-hybridized carbons (Fsp3) is 0.429. The Morgan fingerprint density at radius 2 is 2.19 bits per heavy atom. The predicted octanol–water partition coefficient (Wildman–Crippen LogP) is 3.27. The lowest BCUT2D eigenvalue weighted by molar-refractivity contribution is 0.176. The summed E-state index contributed by atoms with van der Waals surface area (Å²) in [5, 5.41) is 1.20. The van der Waals surface area contributed by atoms with Crippen LogP contribution in [0.25, 0.3) is 11.0 Å². The van der Waals surface area contributed by atoms with Gasteiger partial charge in [-0.05, 0) is 24.5 Å². The van der Waals surface area contributed by atoms with Crippen LogP contribution < -0.4 is 5.73 Å². The van der Waals surface area contributed by atoms with E-state index >= 15 is 0 Å². The molecule has 1 saturated carbocycles. The molecule has 1 aliphatic rings. The van der Waals surface area contributed by atoms with Crippen molar-refractivity contribution in [3.05, 3.63) is 36.1 Å². The lowest BCUT2D eigenvalue weighted by atomic mass is 9.67. The van der Waals surface area contributed by atoms with Gasteiger partial charge in [-0.3, -0.25) is 0 Å². The highest BCUT2D eigenvalue weighted by Crippen LogP contribution is 2.44. The van der Waals surface area contributed by atoms with Crippen molar-refractivity contribution in [2.24, 2.45) is 11.7 Å². The molecule has 0 amide bonds. The second-order valence-electron chi connectivity index (χ2n) is 4.76. The van der Waals surface area contributed by atoms with Crippen LogP contribution in [0.15, 0.2) is 34.7 Å². The Labute approximate surface area is 95.4 Å². The summed E-state index contributed by atoms with van der Waals surface area (Å²) >= 11 is 0. The zero-order valence-electron chi connectivity index (χ0n) is 9.52. The van der Waals surface area contributed by atoms with Gasteiger partial charge < -0.3 is 10.2 Å². The van der Waals surface area contributed by atoms with Crippen molar-refractivity contribution in [2.75, 3.05) is 0 Å². The highest BCUT2D eigenvalue weighted by molar-refractivity contribution is 5.77. The molecule has 3 rings (SSSR count). The fourth-order valence-corrected chi connectivity index (χ4v) is 2.84. The predicted molar refractivity (Wildman–Crippen MR) is 65.3 cm³/mol. The summed E-state index contributed by atoms with van der Waals surface area (Å²) < 4.78 is 5.90. The van der Waals surface area contributed by atoms with E-state index in [1.165, 1.54) is 5.39 Å². The third kappa shape index (κ3) is 1.37. The molecule has 84 valence electrons. The largest absolute Gasteiger partial charge is 0.461 e. The zero-order valence-corrected chi connectivity index (χ0v) is 9.52. The highest BCUT2D eigenvalue weighted by atomic mass is 16.3. The summed E-state index contributed by atoms with van der Waals surface area (Å²) in [7, 11) is 0. The molecule has 0 radical (unpaired) electrons. The topological polar surface area (TPSA) is 39.2 Å². The highest BCUT2D eigenvalue weighted by Gasteiger charge is 2.40. The van der Waals surface area contributed by atoms with Crippen molar-refractivity contribution in [3.63, 3.8) is 0 Å². The molecule has 0 aliphatic heterocycles. The summed E-state index contributed by atoms with van der Waals surface area (Å²) in [5.41, 5.74) is 7.01. The molecule has 1 aliphatic carbocycles. The first-order chi connectivity index (χ1) is 7.79. The van der Waals surface area contributed by atoms with Crippen LogP contribution in [-0.4, -0.2) is 6.04 Å². The third-order valence-electron chi connectivity index (χ3n) is 3.87. The molecule has 3 unspecified atom stereocenters. The molecule has 2 nitrogen and oxygen atoms in total. The van der Waals surface area contributed by atoms with Gasteiger partial charge in [-0.15, -0.1) is 0 Å². The number of fused-ring (bicyclic) bond motifs is 1. The molecule has 0 spiro atoms. The van der Waals surface area contributed by atoms with Crippen LogP contribution in [0.1, 0.15) is 31.4 Å². The minimum absolute atomic E-state index is 0.364. The first-order valence-corrected chi connectivity index (χ1v) is 6.03. The van der Waals surface area contributed by atoms with E-state index in [1.54, 1.807) is 0 Å². The maximum absolute atomic E-state index is 6.01. The van der Waals surface area contributed by atoms with Crippen LogP contribution in [0.2, 0.25) is 0 Å². The number of nitrogens with two attached hydrogens (primary N) is 1. The summed E-state index contributed by atoms with van der Waals surface area (Å²) in [6.45, 7) is 2.21. The van der Waals surface area contributed by atoms with E-state index in [4.69, 9.17) is 10.2 Å². The zero-order chi connectivity index (χ0) is 11.1. The summed E-state index contributed by atoms with van der Waals surface area (Å²) in [6, 6.07) is 10.7. The molecule has 1 fully saturated rings. The Bertz CT molecular complexity index is 469. The molecule has 2 heteroatoms. The number of furan rings is 1. The van der Waals surface area contributed by atoms with E-state index in [1.807, 2.05) is 18.2 Å². The second kappa shape index (κ2) is 3.63. The molecule has 3 atom stereocenters. The SMILES string of the molecule is CCC1C(N)CC1c1cc2ccccc2o1. The van der Waals surface area contributed by atoms with Gasteiger partial charge in [0.05, 0.1) is 0 Å². The average molecular weight is 215 g/mol. The van der Waals surface area contributed by atoms with E-state index < -0.39 is 0 Å². The second-order valence-corrected chi connectivity index (χ2v) is 4.76. The van der Waals surface area contributed by atoms with Gasteiger partial charge in [0, 0.05) is 17.3 Å². The van der Waals surface area contributed by atoms with Crippen molar-refractivity contribution in [1.29, 1.82) is 0 Å². The van der Waals surface area contributed by atoms with Crippen LogP contribution >= 0.6 is 0 Å². The van der Waals surface area contributed by atoms with Gasteiger partial charge in [-0.2, -0.15) is 0 Å². The van der Waals surface area contributed by atoms with Gasteiger partial charge in [0.15, 0.2) is 0 Å². The third-order valence-corrected chi connectivity index (χ3v) is 3.87. The quantitative estimate of drug-likeness (QED) is 0.835. The Morgan fingerprint density at radius 3 is 2.88 bits per heavy atom. The molecule has 0 bridgehead atoms. The fourth-order valence-electron chi connectivity index (χ4n) is 2.84. The van der Waals surface area contributed by atoms with Gasteiger partial charge in [0.2, 0.25) is 0 Å². The Morgan fingerprint density at radius 1 is 1.38 bits per heavy atom. The molecule has 2 aromatic rings. The first-order valence-electron chi connectivity index (χ1n) is 6.03. The van der Waals surface area contributed by atoms with Crippen LogP contribution in [0.5, 0.6) is 0 Å². The van der Waals surface area contributed by atoms with Crippen molar-refractivity contribution < 1.29 is 4.42 Å². The lowest BCUT2D eigenvalue weighted by Gasteiger charge is -2.41. The molecular weight excluding hydrogens is 198 g/mol. The molecule has 16 heavy (non-hydrogen) atoms. The van der Waals surface area contributed by atoms with E-state index in [0.717, 1.165) is 24.2 Å². The smallest absolute Gasteiger partial charge is 0.134 e. The maximum Gasteiger partial charge on any atom is 0.134 e. The number of hydrogen-bond donors (Lipinski definition) is 1. The van der Waals surface area contributed by atoms with Crippen LogP contribution in [0, 0.1) is 5.92 Å². The maximum atomic E-state index is 6.01. The van der Waals surface area contributed by atoms with Crippen molar-refractivity contribution in [3.8, 4) is 0 Å². The first kappa shape index (κ1) is 9.91. The van der Waals surface area contributed by atoms with Gasteiger partial charge in [0.1, 0.15) is 11.3 Å². The van der Waals surface area contributed by atoms with Gasteiger partial charge >= 0.3 is 0 Å². The molecule has 1 heterocycles. The van der Waals surface area contributed by atoms with Crippen LogP contribution in [-0.2, 0) is 0 Å². The minimum Gasteiger partial charge on any atom is -0.461 e. The molecular formula is C14H17NO. The average Bonchev–Trinajstić information content (AvgIpc) is 2.69. The van der Waals surface area contributed by atoms with Crippen molar-refractivity contribution in [1.82, 2.24) is 0 Å². The minimum atomic E-state index is 0.364. The number of benzene rings is 1.